The number of pyridine rings is 1. The van der Waals surface area contributed by atoms with Crippen molar-refractivity contribution in [2.45, 2.75) is 25.4 Å². The summed E-state index contributed by atoms with van der Waals surface area (Å²) in [5.41, 5.74) is 3.23. The Morgan fingerprint density at radius 2 is 2.33 bits per heavy atom. The maximum absolute atomic E-state index is 14.2. The third-order valence-electron chi connectivity index (χ3n) is 3.44. The van der Waals surface area contributed by atoms with E-state index in [9.17, 15) is 9.18 Å². The van der Waals surface area contributed by atoms with Gasteiger partial charge < -0.3 is 10.3 Å². The first kappa shape index (κ1) is 14.0. The van der Waals surface area contributed by atoms with E-state index in [2.05, 4.69) is 10.4 Å². The Labute approximate surface area is 125 Å². The Bertz CT molecular complexity index is 642. The number of hydrogen-bond acceptors (Lipinski definition) is 5. The largest absolute Gasteiger partial charge is 0.331 e. The lowest BCUT2D eigenvalue weighted by Crippen LogP contribution is -2.33. The van der Waals surface area contributed by atoms with Crippen molar-refractivity contribution >= 4 is 23.1 Å². The summed E-state index contributed by atoms with van der Waals surface area (Å²) >= 11 is 1.58. The minimum atomic E-state index is -0.707. The lowest BCUT2D eigenvalue weighted by molar-refractivity contribution is 0.0725. The molecule has 0 bridgehead atoms. The second kappa shape index (κ2) is 5.79. The van der Waals surface area contributed by atoms with E-state index in [0.29, 0.717) is 6.54 Å². The smallest absolute Gasteiger partial charge is 0.257 e. The average Bonchev–Trinajstić information content (AvgIpc) is 3.21. The van der Waals surface area contributed by atoms with E-state index in [1.165, 1.54) is 12.3 Å². The van der Waals surface area contributed by atoms with Crippen molar-refractivity contribution in [2.75, 3.05) is 5.43 Å². The molecular weight excluding hydrogens is 291 g/mol. The number of amides is 1. The van der Waals surface area contributed by atoms with Gasteiger partial charge in [0.1, 0.15) is 0 Å². The Hall–Kier alpha value is -1.99. The number of aromatic nitrogens is 1. The summed E-state index contributed by atoms with van der Waals surface area (Å²) in [6, 6.07) is 3.56. The molecule has 0 saturated heterocycles. The maximum atomic E-state index is 14.2. The monoisotopic (exact) mass is 306 g/mol. The summed E-state index contributed by atoms with van der Waals surface area (Å²) < 4.78 is 14.2. The highest BCUT2D eigenvalue weighted by atomic mass is 32.1. The number of rotatable bonds is 5. The van der Waals surface area contributed by atoms with Crippen molar-refractivity contribution in [2.24, 2.45) is 5.84 Å². The van der Waals surface area contributed by atoms with Gasteiger partial charge in [0.2, 0.25) is 0 Å². The second-order valence-corrected chi connectivity index (χ2v) is 5.74. The van der Waals surface area contributed by atoms with E-state index in [-0.39, 0.29) is 23.3 Å². The highest BCUT2D eigenvalue weighted by Gasteiger charge is 2.34. The number of halogens is 1. The maximum Gasteiger partial charge on any atom is 0.257 e. The number of hydrazine groups is 1. The van der Waals surface area contributed by atoms with Gasteiger partial charge in [0, 0.05) is 18.8 Å². The third-order valence-corrected chi connectivity index (χ3v) is 4.17. The number of nitrogen functional groups attached to an aromatic ring is 1. The number of nitrogens with one attached hydrogen (secondary N) is 1. The molecule has 0 radical (unpaired) electrons. The summed E-state index contributed by atoms with van der Waals surface area (Å²) in [5.74, 6) is 4.06. The molecule has 0 aliphatic heterocycles. The summed E-state index contributed by atoms with van der Waals surface area (Å²) in [7, 11) is 0. The molecule has 7 heteroatoms. The number of hydrogen-bond donors (Lipinski definition) is 2. The highest BCUT2D eigenvalue weighted by molar-refractivity contribution is 7.07. The lowest BCUT2D eigenvalue weighted by atomic mass is 10.2. The second-order valence-electron chi connectivity index (χ2n) is 4.96. The molecule has 0 spiro atoms. The van der Waals surface area contributed by atoms with Crippen LogP contribution in [-0.4, -0.2) is 21.8 Å². The van der Waals surface area contributed by atoms with E-state index in [1.54, 1.807) is 16.2 Å². The quantitative estimate of drug-likeness (QED) is 0.657. The van der Waals surface area contributed by atoms with Crippen LogP contribution in [0.4, 0.5) is 10.2 Å². The Balaban J connectivity index is 1.87. The fourth-order valence-electron chi connectivity index (χ4n) is 2.20. The van der Waals surface area contributed by atoms with Crippen molar-refractivity contribution in [3.8, 4) is 0 Å². The molecule has 2 heterocycles. The summed E-state index contributed by atoms with van der Waals surface area (Å²) in [6.45, 7) is 0.500. The molecule has 1 aliphatic carbocycles. The van der Waals surface area contributed by atoms with Gasteiger partial charge in [-0.2, -0.15) is 11.3 Å². The number of carbonyl (C=O) groups is 1. The van der Waals surface area contributed by atoms with Gasteiger partial charge in [-0.05, 0) is 41.3 Å². The molecule has 3 rings (SSSR count). The SMILES string of the molecule is NNc1nccc(C(=O)N(Cc2ccsc2)C2CC2)c1F. The number of nitrogens with two attached hydrogens (primary N) is 1. The first-order valence-corrected chi connectivity index (χ1v) is 7.58. The Morgan fingerprint density at radius 1 is 1.52 bits per heavy atom. The molecule has 0 unspecified atom stereocenters. The van der Waals surface area contributed by atoms with Crippen molar-refractivity contribution in [1.29, 1.82) is 0 Å². The van der Waals surface area contributed by atoms with Crippen LogP contribution in [-0.2, 0) is 6.54 Å². The van der Waals surface area contributed by atoms with Crippen molar-refractivity contribution in [3.63, 3.8) is 0 Å². The minimum absolute atomic E-state index is 0.0000737. The number of nitrogens with zero attached hydrogens (tertiary/aromatic N) is 2. The fourth-order valence-corrected chi connectivity index (χ4v) is 2.86. The van der Waals surface area contributed by atoms with Crippen LogP contribution in [0, 0.1) is 5.82 Å². The molecular formula is C14H15FN4OS. The summed E-state index contributed by atoms with van der Waals surface area (Å²) in [6.07, 6.45) is 3.30. The molecule has 2 aromatic rings. The fraction of sp³-hybridized carbons (Fsp3) is 0.286. The highest BCUT2D eigenvalue weighted by Crippen LogP contribution is 2.31. The van der Waals surface area contributed by atoms with Crippen LogP contribution in [0.5, 0.6) is 0 Å². The van der Waals surface area contributed by atoms with Crippen molar-refractivity contribution < 1.29 is 9.18 Å². The zero-order chi connectivity index (χ0) is 14.8. The van der Waals surface area contributed by atoms with E-state index in [4.69, 9.17) is 5.84 Å². The standard InChI is InChI=1S/C14H15FN4OS/c15-12-11(3-5-17-13(12)18-16)14(20)19(10-1-2-10)7-9-4-6-21-8-9/h3-6,8,10H,1-2,7,16H2,(H,17,18). The van der Waals surface area contributed by atoms with Crippen molar-refractivity contribution in [3.05, 3.63) is 46.0 Å². The number of carbonyl (C=O) groups excluding carboxylic acids is 1. The number of thiophene rings is 1. The van der Waals surface area contributed by atoms with Crippen LogP contribution in [0.2, 0.25) is 0 Å². The first-order chi connectivity index (χ1) is 10.2. The zero-order valence-electron chi connectivity index (χ0n) is 11.3. The normalized spacial score (nSPS) is 14.0. The Kier molecular flexibility index (Phi) is 3.85. The van der Waals surface area contributed by atoms with Gasteiger partial charge in [-0.3, -0.25) is 4.79 Å². The first-order valence-electron chi connectivity index (χ1n) is 6.64. The molecule has 3 N–H and O–H groups in total. The molecule has 1 amide bonds. The zero-order valence-corrected chi connectivity index (χ0v) is 12.1. The van der Waals surface area contributed by atoms with Crippen LogP contribution in [0.1, 0.15) is 28.8 Å². The molecule has 0 aromatic carbocycles. The predicted molar refractivity (Wildman–Crippen MR) is 79.2 cm³/mol. The van der Waals surface area contributed by atoms with Gasteiger partial charge in [-0.15, -0.1) is 0 Å². The Morgan fingerprint density at radius 3 is 2.95 bits per heavy atom. The molecule has 1 aliphatic rings. The average molecular weight is 306 g/mol. The van der Waals surface area contributed by atoms with Gasteiger partial charge in [-0.1, -0.05) is 0 Å². The molecule has 5 nitrogen and oxygen atoms in total. The molecule has 110 valence electrons. The predicted octanol–water partition coefficient (Wildman–Crippen LogP) is 2.37. The van der Waals surface area contributed by atoms with Crippen molar-refractivity contribution in [1.82, 2.24) is 9.88 Å². The summed E-state index contributed by atoms with van der Waals surface area (Å²) in [4.78, 5) is 18.1. The molecule has 1 fully saturated rings. The van der Waals surface area contributed by atoms with E-state index in [1.807, 2.05) is 16.8 Å². The van der Waals surface area contributed by atoms with Crippen LogP contribution in [0.25, 0.3) is 0 Å². The van der Waals surface area contributed by atoms with Gasteiger partial charge in [0.05, 0.1) is 5.56 Å². The van der Waals surface area contributed by atoms with E-state index >= 15 is 0 Å². The van der Waals surface area contributed by atoms with Crippen LogP contribution in [0.15, 0.2) is 29.1 Å². The van der Waals surface area contributed by atoms with E-state index < -0.39 is 5.82 Å². The third kappa shape index (κ3) is 2.88. The minimum Gasteiger partial charge on any atom is -0.331 e. The van der Waals surface area contributed by atoms with Gasteiger partial charge in [0.15, 0.2) is 11.6 Å². The number of anilines is 1. The van der Waals surface area contributed by atoms with Gasteiger partial charge in [0.25, 0.3) is 5.91 Å². The van der Waals surface area contributed by atoms with Gasteiger partial charge >= 0.3 is 0 Å². The molecule has 1 saturated carbocycles. The van der Waals surface area contributed by atoms with Crippen LogP contribution < -0.4 is 11.3 Å². The van der Waals surface area contributed by atoms with E-state index in [0.717, 1.165) is 18.4 Å². The molecule has 2 aromatic heterocycles. The van der Waals surface area contributed by atoms with Crippen LogP contribution in [0.3, 0.4) is 0 Å². The van der Waals surface area contributed by atoms with Gasteiger partial charge in [-0.25, -0.2) is 15.2 Å². The summed E-state index contributed by atoms with van der Waals surface area (Å²) in [5, 5.41) is 3.97. The molecule has 21 heavy (non-hydrogen) atoms. The topological polar surface area (TPSA) is 71.2 Å². The lowest BCUT2D eigenvalue weighted by Gasteiger charge is -2.22. The molecule has 0 atom stereocenters. The van der Waals surface area contributed by atoms with Crippen LogP contribution >= 0.6 is 11.3 Å².